The number of pyridine rings is 1. The number of hydrogen-bond acceptors (Lipinski definition) is 8. The van der Waals surface area contributed by atoms with Gasteiger partial charge in [0.05, 0.1) is 32.6 Å². The summed E-state index contributed by atoms with van der Waals surface area (Å²) in [5.74, 6) is 0.770. The second kappa shape index (κ2) is 10.8. The topological polar surface area (TPSA) is 85.5 Å². The molecule has 1 aliphatic heterocycles. The summed E-state index contributed by atoms with van der Waals surface area (Å²) in [4.78, 5) is 20.7. The Morgan fingerprint density at radius 3 is 2.85 bits per heavy atom. The number of thioether (sulfide) groups is 1. The maximum atomic E-state index is 12.8. The number of carbonyl (C=O) groups excluding carboxylic acids is 1. The molecular formula is C23H26BrN3O5S. The monoisotopic (exact) mass is 535 g/mol. The van der Waals surface area contributed by atoms with E-state index in [4.69, 9.17) is 14.2 Å². The first-order valence-corrected chi connectivity index (χ1v) is 12.4. The van der Waals surface area contributed by atoms with E-state index in [1.165, 1.54) is 11.8 Å². The third-order valence-corrected chi connectivity index (χ3v) is 7.07. The molecule has 1 N–H and O–H groups in total. The Hall–Kier alpha value is -2.27. The first-order valence-electron chi connectivity index (χ1n) is 10.7. The van der Waals surface area contributed by atoms with Crippen molar-refractivity contribution in [3.05, 3.63) is 51.9 Å². The van der Waals surface area contributed by atoms with Crippen LogP contribution in [0.4, 0.5) is 0 Å². The van der Waals surface area contributed by atoms with Gasteiger partial charge >= 0.3 is 5.97 Å². The van der Waals surface area contributed by atoms with Crippen LogP contribution >= 0.6 is 27.7 Å². The molecule has 3 aromatic rings. The van der Waals surface area contributed by atoms with Crippen molar-refractivity contribution >= 4 is 39.3 Å². The highest BCUT2D eigenvalue weighted by molar-refractivity contribution is 9.10. The largest absolute Gasteiger partial charge is 0.504 e. The van der Waals surface area contributed by atoms with Gasteiger partial charge in [-0.2, -0.15) is 0 Å². The molecule has 2 aromatic heterocycles. The lowest BCUT2D eigenvalue weighted by Gasteiger charge is -2.27. The van der Waals surface area contributed by atoms with Crippen molar-refractivity contribution in [2.75, 3.05) is 40.0 Å². The maximum absolute atomic E-state index is 12.8. The SMILES string of the molecule is CCOC(=O)c1c(CSc2cccc(OC)c2)nc2c(O)c(CN3CCOCC3)c(Br)cn12. The number of imidazole rings is 1. The van der Waals surface area contributed by atoms with E-state index in [9.17, 15) is 9.90 Å². The molecule has 4 rings (SSSR count). The van der Waals surface area contributed by atoms with E-state index in [-0.39, 0.29) is 12.4 Å². The van der Waals surface area contributed by atoms with Crippen LogP contribution in [-0.2, 0) is 21.8 Å². The van der Waals surface area contributed by atoms with Crippen molar-refractivity contribution in [3.63, 3.8) is 0 Å². The summed E-state index contributed by atoms with van der Waals surface area (Å²) in [6.45, 7) is 5.49. The third kappa shape index (κ3) is 5.29. The predicted octanol–water partition coefficient (Wildman–Crippen LogP) is 4.11. The average molecular weight is 536 g/mol. The molecule has 10 heteroatoms. The van der Waals surface area contributed by atoms with Crippen LogP contribution in [0, 0.1) is 0 Å². The molecule has 0 saturated carbocycles. The van der Waals surface area contributed by atoms with Crippen LogP contribution in [0.1, 0.15) is 28.7 Å². The number of fused-ring (bicyclic) bond motifs is 1. The second-order valence-corrected chi connectivity index (χ2v) is 9.38. The van der Waals surface area contributed by atoms with Crippen molar-refractivity contribution in [1.82, 2.24) is 14.3 Å². The molecule has 0 spiro atoms. The number of ether oxygens (including phenoxy) is 3. The van der Waals surface area contributed by atoms with Crippen molar-refractivity contribution in [1.29, 1.82) is 0 Å². The molecule has 0 radical (unpaired) electrons. The number of aromatic hydroxyl groups is 1. The minimum Gasteiger partial charge on any atom is -0.504 e. The van der Waals surface area contributed by atoms with Gasteiger partial charge in [-0.1, -0.05) is 6.07 Å². The molecule has 0 unspecified atom stereocenters. The lowest BCUT2D eigenvalue weighted by Crippen LogP contribution is -2.35. The molecule has 0 aliphatic carbocycles. The first kappa shape index (κ1) is 23.9. The Labute approximate surface area is 205 Å². The molecule has 1 fully saturated rings. The summed E-state index contributed by atoms with van der Waals surface area (Å²) in [7, 11) is 1.62. The zero-order chi connectivity index (χ0) is 23.4. The van der Waals surface area contributed by atoms with Crippen molar-refractivity contribution in [3.8, 4) is 11.5 Å². The van der Waals surface area contributed by atoms with E-state index in [1.807, 2.05) is 24.3 Å². The number of carbonyl (C=O) groups is 1. The zero-order valence-corrected chi connectivity index (χ0v) is 20.9. The van der Waals surface area contributed by atoms with Gasteiger partial charge in [0.25, 0.3) is 0 Å². The third-order valence-electron chi connectivity index (χ3n) is 5.38. The standard InChI is InChI=1S/C23H26BrN3O5S/c1-3-32-23(29)20-19(14-33-16-6-4-5-15(11-16)30-2)25-22-21(28)17(18(24)13-27(20)22)12-26-7-9-31-10-8-26/h4-6,11,13,28H,3,7-10,12,14H2,1-2H3. The number of benzene rings is 1. The molecular weight excluding hydrogens is 510 g/mol. The van der Waals surface area contributed by atoms with Crippen LogP contribution < -0.4 is 4.74 Å². The van der Waals surface area contributed by atoms with Crippen LogP contribution in [0.5, 0.6) is 11.5 Å². The fourth-order valence-electron chi connectivity index (χ4n) is 3.70. The molecule has 0 atom stereocenters. The van der Waals surface area contributed by atoms with E-state index < -0.39 is 5.97 Å². The molecule has 33 heavy (non-hydrogen) atoms. The Morgan fingerprint density at radius 1 is 1.33 bits per heavy atom. The van der Waals surface area contributed by atoms with E-state index in [0.717, 1.165) is 29.3 Å². The van der Waals surface area contributed by atoms with Gasteiger partial charge in [-0.15, -0.1) is 11.8 Å². The fourth-order valence-corrected chi connectivity index (χ4v) is 5.10. The van der Waals surface area contributed by atoms with Crippen molar-refractivity contribution in [2.45, 2.75) is 24.1 Å². The van der Waals surface area contributed by atoms with Crippen molar-refractivity contribution < 1.29 is 24.1 Å². The summed E-state index contributed by atoms with van der Waals surface area (Å²) in [5, 5.41) is 11.1. The van der Waals surface area contributed by atoms with Crippen LogP contribution in [-0.4, -0.2) is 65.4 Å². The van der Waals surface area contributed by atoms with Gasteiger partial charge in [-0.25, -0.2) is 9.78 Å². The summed E-state index contributed by atoms with van der Waals surface area (Å²) in [6, 6.07) is 7.70. The minimum absolute atomic E-state index is 0.0547. The van der Waals surface area contributed by atoms with Crippen LogP contribution in [0.2, 0.25) is 0 Å². The zero-order valence-electron chi connectivity index (χ0n) is 18.5. The average Bonchev–Trinajstić information content (AvgIpc) is 3.20. The lowest BCUT2D eigenvalue weighted by atomic mass is 10.2. The van der Waals surface area contributed by atoms with Crippen LogP contribution in [0.3, 0.4) is 0 Å². The molecule has 1 aromatic carbocycles. The van der Waals surface area contributed by atoms with Gasteiger partial charge in [0.2, 0.25) is 0 Å². The Balaban J connectivity index is 1.70. The molecule has 1 aliphatic rings. The van der Waals surface area contributed by atoms with Crippen molar-refractivity contribution in [2.24, 2.45) is 0 Å². The highest BCUT2D eigenvalue weighted by Crippen LogP contribution is 2.35. The van der Waals surface area contributed by atoms with E-state index >= 15 is 0 Å². The number of aromatic nitrogens is 2. The highest BCUT2D eigenvalue weighted by atomic mass is 79.9. The molecule has 176 valence electrons. The molecule has 1 saturated heterocycles. The quantitative estimate of drug-likeness (QED) is 0.340. The summed E-state index contributed by atoms with van der Waals surface area (Å²) < 4.78 is 18.3. The molecule has 3 heterocycles. The lowest BCUT2D eigenvalue weighted by molar-refractivity contribution is 0.0338. The Morgan fingerprint density at radius 2 is 2.12 bits per heavy atom. The van der Waals surface area contributed by atoms with Crippen LogP contribution in [0.15, 0.2) is 39.8 Å². The van der Waals surface area contributed by atoms with Gasteiger partial charge in [-0.3, -0.25) is 9.30 Å². The number of nitrogens with zero attached hydrogens (tertiary/aromatic N) is 3. The Bertz CT molecular complexity index is 1150. The number of rotatable bonds is 8. The van der Waals surface area contributed by atoms with Crippen LogP contribution in [0.25, 0.3) is 5.65 Å². The number of morpholine rings is 1. The molecule has 0 bridgehead atoms. The summed E-state index contributed by atoms with van der Waals surface area (Å²) in [5.41, 5.74) is 1.94. The smallest absolute Gasteiger partial charge is 0.357 e. The number of esters is 1. The van der Waals surface area contributed by atoms with E-state index in [0.29, 0.717) is 47.0 Å². The van der Waals surface area contributed by atoms with Gasteiger partial charge in [0, 0.05) is 46.5 Å². The normalized spacial score (nSPS) is 14.5. The van der Waals surface area contributed by atoms with E-state index in [2.05, 4.69) is 25.8 Å². The highest BCUT2D eigenvalue weighted by Gasteiger charge is 2.25. The van der Waals surface area contributed by atoms with Gasteiger partial charge in [0.15, 0.2) is 17.1 Å². The van der Waals surface area contributed by atoms with E-state index in [1.54, 1.807) is 24.6 Å². The fraction of sp³-hybridized carbons (Fsp3) is 0.391. The first-order chi connectivity index (χ1) is 16.0. The summed E-state index contributed by atoms with van der Waals surface area (Å²) >= 11 is 5.11. The predicted molar refractivity (Wildman–Crippen MR) is 129 cm³/mol. The van der Waals surface area contributed by atoms with Gasteiger partial charge in [-0.05, 0) is 41.1 Å². The maximum Gasteiger partial charge on any atom is 0.357 e. The van der Waals surface area contributed by atoms with Gasteiger partial charge in [0.1, 0.15) is 5.75 Å². The number of hydrogen-bond donors (Lipinski definition) is 1. The molecule has 0 amide bonds. The minimum atomic E-state index is -0.474. The number of halogens is 1. The summed E-state index contributed by atoms with van der Waals surface area (Å²) in [6.07, 6.45) is 1.78. The second-order valence-electron chi connectivity index (χ2n) is 7.48. The Kier molecular flexibility index (Phi) is 7.79. The van der Waals surface area contributed by atoms with Gasteiger partial charge < -0.3 is 19.3 Å². The molecule has 8 nitrogen and oxygen atoms in total. The number of methoxy groups -OCH3 is 1.